The molecule has 2 rings (SSSR count). The second-order valence-electron chi connectivity index (χ2n) is 5.22. The largest absolute Gasteiger partial charge is 0.241 e. The molecular formula is C18H24OP+. The Bertz CT molecular complexity index is 456. The first-order valence-electron chi connectivity index (χ1n) is 7.49. The van der Waals surface area contributed by atoms with Crippen LogP contribution in [0.2, 0.25) is 0 Å². The molecule has 20 heavy (non-hydrogen) atoms. The monoisotopic (exact) mass is 287 g/mol. The van der Waals surface area contributed by atoms with Gasteiger partial charge < -0.3 is 0 Å². The maximum absolute atomic E-state index is 11.4. The zero-order valence-corrected chi connectivity index (χ0v) is 13.1. The van der Waals surface area contributed by atoms with Gasteiger partial charge in [0.1, 0.15) is 10.6 Å². The van der Waals surface area contributed by atoms with Gasteiger partial charge >= 0.3 is 0 Å². The van der Waals surface area contributed by atoms with E-state index in [0.717, 1.165) is 23.2 Å². The summed E-state index contributed by atoms with van der Waals surface area (Å²) in [6, 6.07) is 20.4. The summed E-state index contributed by atoms with van der Waals surface area (Å²) in [5.41, 5.74) is 0. The van der Waals surface area contributed by atoms with Crippen LogP contribution in [0.15, 0.2) is 60.7 Å². The normalized spacial score (nSPS) is 11.5. The average molecular weight is 287 g/mol. The van der Waals surface area contributed by atoms with Crippen molar-refractivity contribution >= 4 is 18.1 Å². The van der Waals surface area contributed by atoms with Gasteiger partial charge in [0, 0.05) is 0 Å². The number of unbranched alkanes of at least 4 members (excludes halogenated alkanes) is 3. The van der Waals surface area contributed by atoms with Crippen LogP contribution in [0.1, 0.15) is 32.6 Å². The van der Waals surface area contributed by atoms with Crippen molar-refractivity contribution in [2.75, 3.05) is 6.16 Å². The number of hydrogen-bond donors (Lipinski definition) is 1. The molecular weight excluding hydrogens is 263 g/mol. The zero-order chi connectivity index (χ0) is 14.3. The molecule has 0 unspecified atom stereocenters. The Morgan fingerprint density at radius 2 is 1.25 bits per heavy atom. The van der Waals surface area contributed by atoms with Crippen LogP contribution in [0, 0.1) is 0 Å². The molecule has 2 aromatic rings. The lowest BCUT2D eigenvalue weighted by Gasteiger charge is -2.20. The summed E-state index contributed by atoms with van der Waals surface area (Å²) in [6.45, 7) is 2.22. The minimum atomic E-state index is -2.21. The second kappa shape index (κ2) is 7.57. The Labute approximate surface area is 123 Å². The van der Waals surface area contributed by atoms with E-state index in [2.05, 4.69) is 31.2 Å². The maximum Gasteiger partial charge on any atom is 0.206 e. The SMILES string of the molecule is CCCCCC[P+](O)(c1ccccc1)c1ccccc1. The van der Waals surface area contributed by atoms with Crippen molar-refractivity contribution in [2.45, 2.75) is 32.6 Å². The number of rotatable bonds is 7. The molecule has 0 atom stereocenters. The van der Waals surface area contributed by atoms with E-state index < -0.39 is 7.49 Å². The van der Waals surface area contributed by atoms with Gasteiger partial charge in [0.2, 0.25) is 7.49 Å². The highest BCUT2D eigenvalue weighted by atomic mass is 31.2. The predicted octanol–water partition coefficient (Wildman–Crippen LogP) is 4.14. The molecule has 0 aliphatic carbocycles. The van der Waals surface area contributed by atoms with E-state index in [1.807, 2.05) is 36.4 Å². The van der Waals surface area contributed by atoms with E-state index in [0.29, 0.717) is 0 Å². The van der Waals surface area contributed by atoms with Crippen molar-refractivity contribution in [1.29, 1.82) is 0 Å². The molecule has 0 amide bonds. The molecule has 2 heteroatoms. The highest BCUT2D eigenvalue weighted by Gasteiger charge is 2.40. The summed E-state index contributed by atoms with van der Waals surface area (Å²) in [6.07, 6.45) is 5.68. The molecule has 2 aromatic carbocycles. The first-order chi connectivity index (χ1) is 9.77. The summed E-state index contributed by atoms with van der Waals surface area (Å²) in [5.74, 6) is 0. The Kier molecular flexibility index (Phi) is 5.76. The van der Waals surface area contributed by atoms with Crippen molar-refractivity contribution in [2.24, 2.45) is 0 Å². The zero-order valence-electron chi connectivity index (χ0n) is 12.2. The fraction of sp³-hybridized carbons (Fsp3) is 0.333. The van der Waals surface area contributed by atoms with Gasteiger partial charge in [-0.3, -0.25) is 0 Å². The minimum absolute atomic E-state index is 0.890. The summed E-state index contributed by atoms with van der Waals surface area (Å²) in [4.78, 5) is 11.4. The van der Waals surface area contributed by atoms with Crippen molar-refractivity contribution in [3.63, 3.8) is 0 Å². The molecule has 0 radical (unpaired) electrons. The Balaban J connectivity index is 2.24. The third-order valence-corrected chi connectivity index (χ3v) is 6.97. The average Bonchev–Trinajstić information content (AvgIpc) is 2.53. The van der Waals surface area contributed by atoms with Crippen LogP contribution in [0.3, 0.4) is 0 Å². The van der Waals surface area contributed by atoms with Crippen LogP contribution in [-0.4, -0.2) is 11.1 Å². The number of hydrogen-bond acceptors (Lipinski definition) is 1. The van der Waals surface area contributed by atoms with Crippen LogP contribution in [0.4, 0.5) is 0 Å². The van der Waals surface area contributed by atoms with E-state index >= 15 is 0 Å². The standard InChI is InChI=1S/C18H24OP/c1-2-3-4-11-16-20(19,17-12-7-5-8-13-17)18-14-9-6-10-15-18/h5-10,12-15,19H,2-4,11,16H2,1H3/q+1. The molecule has 0 saturated carbocycles. The molecule has 0 fully saturated rings. The quantitative estimate of drug-likeness (QED) is 0.599. The lowest BCUT2D eigenvalue weighted by atomic mass is 10.2. The topological polar surface area (TPSA) is 20.2 Å². The lowest BCUT2D eigenvalue weighted by Crippen LogP contribution is -2.24. The van der Waals surface area contributed by atoms with Gasteiger partial charge in [-0.25, -0.2) is 4.89 Å². The van der Waals surface area contributed by atoms with Gasteiger partial charge in [-0.1, -0.05) is 56.2 Å². The van der Waals surface area contributed by atoms with E-state index in [9.17, 15) is 4.89 Å². The van der Waals surface area contributed by atoms with E-state index in [1.165, 1.54) is 19.3 Å². The minimum Gasteiger partial charge on any atom is -0.241 e. The van der Waals surface area contributed by atoms with Gasteiger partial charge in [0.05, 0.1) is 6.16 Å². The van der Waals surface area contributed by atoms with Crippen molar-refractivity contribution in [1.82, 2.24) is 0 Å². The van der Waals surface area contributed by atoms with E-state index in [-0.39, 0.29) is 0 Å². The Morgan fingerprint density at radius 3 is 1.70 bits per heavy atom. The first kappa shape index (κ1) is 15.2. The van der Waals surface area contributed by atoms with E-state index in [1.54, 1.807) is 0 Å². The van der Waals surface area contributed by atoms with Gasteiger partial charge in [-0.05, 0) is 37.1 Å². The first-order valence-corrected chi connectivity index (χ1v) is 9.42. The molecule has 0 bridgehead atoms. The Hall–Kier alpha value is -1.17. The van der Waals surface area contributed by atoms with Gasteiger partial charge in [-0.2, -0.15) is 0 Å². The van der Waals surface area contributed by atoms with Crippen molar-refractivity contribution < 1.29 is 4.89 Å². The highest BCUT2D eigenvalue weighted by molar-refractivity contribution is 7.84. The van der Waals surface area contributed by atoms with Crippen molar-refractivity contribution in [3.05, 3.63) is 60.7 Å². The van der Waals surface area contributed by atoms with Crippen LogP contribution < -0.4 is 10.6 Å². The van der Waals surface area contributed by atoms with Gasteiger partial charge in [0.15, 0.2) is 0 Å². The molecule has 1 N–H and O–H groups in total. The van der Waals surface area contributed by atoms with Crippen LogP contribution >= 0.6 is 7.49 Å². The number of benzene rings is 2. The van der Waals surface area contributed by atoms with Crippen LogP contribution in [0.25, 0.3) is 0 Å². The molecule has 0 spiro atoms. The van der Waals surface area contributed by atoms with Crippen molar-refractivity contribution in [3.8, 4) is 0 Å². The van der Waals surface area contributed by atoms with Gasteiger partial charge in [0.25, 0.3) is 0 Å². The fourth-order valence-corrected chi connectivity index (χ4v) is 5.35. The lowest BCUT2D eigenvalue weighted by molar-refractivity contribution is 0.610. The van der Waals surface area contributed by atoms with Crippen LogP contribution in [0.5, 0.6) is 0 Å². The summed E-state index contributed by atoms with van der Waals surface area (Å²) < 4.78 is 0. The molecule has 0 saturated heterocycles. The third kappa shape index (κ3) is 3.69. The smallest absolute Gasteiger partial charge is 0.206 e. The Morgan fingerprint density at radius 1 is 0.750 bits per heavy atom. The predicted molar refractivity (Wildman–Crippen MR) is 90.3 cm³/mol. The maximum atomic E-state index is 11.4. The van der Waals surface area contributed by atoms with E-state index in [4.69, 9.17) is 0 Å². The third-order valence-electron chi connectivity index (χ3n) is 3.70. The molecule has 1 nitrogen and oxygen atoms in total. The molecule has 0 aliphatic rings. The molecule has 106 valence electrons. The fourth-order valence-electron chi connectivity index (χ4n) is 2.52. The molecule has 0 heterocycles. The second-order valence-corrected chi connectivity index (χ2v) is 8.24. The van der Waals surface area contributed by atoms with Gasteiger partial charge in [-0.15, -0.1) is 0 Å². The summed E-state index contributed by atoms with van der Waals surface area (Å²) in [7, 11) is -2.21. The summed E-state index contributed by atoms with van der Waals surface area (Å²) in [5, 5.41) is 2.20. The summed E-state index contributed by atoms with van der Waals surface area (Å²) >= 11 is 0. The molecule has 0 aliphatic heterocycles. The van der Waals surface area contributed by atoms with Crippen LogP contribution in [-0.2, 0) is 0 Å². The highest BCUT2D eigenvalue weighted by Crippen LogP contribution is 2.52. The molecule has 0 aromatic heterocycles.